The first-order valence-electron chi connectivity index (χ1n) is 8.12. The number of hydrogen-bond acceptors (Lipinski definition) is 3. The number of nitrogens with zero attached hydrogens (tertiary/aromatic N) is 2. The van der Waals surface area contributed by atoms with E-state index in [4.69, 9.17) is 5.73 Å². The lowest BCUT2D eigenvalue weighted by Gasteiger charge is -2.48. The zero-order valence-corrected chi connectivity index (χ0v) is 14.6. The molecule has 0 radical (unpaired) electrons. The van der Waals surface area contributed by atoms with Crippen LogP contribution in [0.3, 0.4) is 0 Å². The van der Waals surface area contributed by atoms with Gasteiger partial charge in [-0.2, -0.15) is 0 Å². The quantitative estimate of drug-likeness (QED) is 0.884. The molecule has 2 unspecified atom stereocenters. The Morgan fingerprint density at radius 2 is 2.10 bits per heavy atom. The van der Waals surface area contributed by atoms with Gasteiger partial charge in [-0.25, -0.2) is 0 Å². The number of rotatable bonds is 2. The van der Waals surface area contributed by atoms with Crippen molar-refractivity contribution in [1.82, 2.24) is 4.90 Å². The second-order valence-corrected chi connectivity index (χ2v) is 7.49. The van der Waals surface area contributed by atoms with Gasteiger partial charge in [-0.3, -0.25) is 4.90 Å². The molecule has 2 aliphatic heterocycles. The van der Waals surface area contributed by atoms with E-state index in [1.807, 2.05) is 6.92 Å². The van der Waals surface area contributed by atoms with Gasteiger partial charge in [-0.1, -0.05) is 28.4 Å². The van der Waals surface area contributed by atoms with Crippen molar-refractivity contribution in [2.24, 2.45) is 5.73 Å². The van der Waals surface area contributed by atoms with E-state index in [0.717, 1.165) is 17.1 Å². The third kappa shape index (κ3) is 3.13. The summed E-state index contributed by atoms with van der Waals surface area (Å²) in [5, 5.41) is 0. The number of nitrogens with two attached hydrogens (primary N) is 1. The molecule has 0 bridgehead atoms. The predicted octanol–water partition coefficient (Wildman–Crippen LogP) is 3.53. The Kier molecular flexibility index (Phi) is 4.57. The van der Waals surface area contributed by atoms with E-state index >= 15 is 0 Å². The molecule has 0 aliphatic carbocycles. The Morgan fingerprint density at radius 3 is 2.81 bits per heavy atom. The maximum Gasteiger partial charge on any atom is 0.0389 e. The number of anilines is 1. The fourth-order valence-corrected chi connectivity index (χ4v) is 4.50. The van der Waals surface area contributed by atoms with Crippen LogP contribution in [0.4, 0.5) is 5.69 Å². The Hall–Kier alpha value is -0.580. The Balaban J connectivity index is 1.81. The van der Waals surface area contributed by atoms with Gasteiger partial charge in [-0.05, 0) is 50.9 Å². The summed E-state index contributed by atoms with van der Waals surface area (Å²) in [5.41, 5.74) is 8.51. The lowest BCUT2D eigenvalue weighted by Crippen LogP contribution is -2.58. The number of fused-ring (bicyclic) bond motifs is 1. The third-order valence-electron chi connectivity index (χ3n) is 4.99. The summed E-state index contributed by atoms with van der Waals surface area (Å²) in [6, 6.07) is 8.03. The highest BCUT2D eigenvalue weighted by Crippen LogP contribution is 2.32. The van der Waals surface area contributed by atoms with Crippen LogP contribution in [0, 0.1) is 0 Å². The van der Waals surface area contributed by atoms with Gasteiger partial charge >= 0.3 is 0 Å². The van der Waals surface area contributed by atoms with Crippen LogP contribution in [0.15, 0.2) is 22.7 Å². The van der Waals surface area contributed by atoms with Crippen molar-refractivity contribution in [1.29, 1.82) is 0 Å². The predicted molar refractivity (Wildman–Crippen MR) is 92.8 cm³/mol. The van der Waals surface area contributed by atoms with Crippen molar-refractivity contribution in [3.8, 4) is 0 Å². The number of hydrogen-bond donors (Lipinski definition) is 1. The molecule has 3 rings (SSSR count). The van der Waals surface area contributed by atoms with Crippen molar-refractivity contribution >= 4 is 21.6 Å². The fraction of sp³-hybridized carbons (Fsp3) is 0.647. The normalized spacial score (nSPS) is 28.3. The minimum atomic E-state index is 0.0704. The first kappa shape index (κ1) is 15.3. The molecule has 0 aromatic heterocycles. The standard InChI is InChI=1S/C17H26BrN3/c1-12-10-20-8-4-3-5-15(20)11-21(12)14-6-7-16(13(2)19)17(18)9-14/h6-7,9,12-13,15H,3-5,8,10-11,19H2,1-2H3/t12?,13-,15?/m0/s1. The van der Waals surface area contributed by atoms with Gasteiger partial charge in [0.05, 0.1) is 0 Å². The molecule has 116 valence electrons. The van der Waals surface area contributed by atoms with Gasteiger partial charge in [0.25, 0.3) is 0 Å². The molecule has 3 nitrogen and oxygen atoms in total. The average Bonchev–Trinajstić information content (AvgIpc) is 2.46. The number of piperazine rings is 1. The van der Waals surface area contributed by atoms with E-state index in [1.54, 1.807) is 0 Å². The lowest BCUT2D eigenvalue weighted by atomic mass is 9.96. The zero-order valence-electron chi connectivity index (χ0n) is 13.1. The summed E-state index contributed by atoms with van der Waals surface area (Å²) in [6.07, 6.45) is 4.11. The molecule has 2 N–H and O–H groups in total. The SMILES string of the molecule is CC1CN2CCCCC2CN1c1ccc([C@H](C)N)c(Br)c1. The molecule has 2 aliphatic rings. The van der Waals surface area contributed by atoms with Crippen LogP contribution in [-0.2, 0) is 0 Å². The van der Waals surface area contributed by atoms with E-state index in [0.29, 0.717) is 6.04 Å². The van der Waals surface area contributed by atoms with Crippen molar-refractivity contribution < 1.29 is 0 Å². The summed E-state index contributed by atoms with van der Waals surface area (Å²) in [4.78, 5) is 5.26. The summed E-state index contributed by atoms with van der Waals surface area (Å²) >= 11 is 3.69. The van der Waals surface area contributed by atoms with Gasteiger partial charge in [0.2, 0.25) is 0 Å². The second kappa shape index (κ2) is 6.27. The molecule has 0 spiro atoms. The summed E-state index contributed by atoms with van der Waals surface area (Å²) < 4.78 is 1.13. The van der Waals surface area contributed by atoms with Crippen molar-refractivity contribution in [2.45, 2.75) is 51.2 Å². The van der Waals surface area contributed by atoms with Gasteiger partial charge in [0.1, 0.15) is 0 Å². The first-order valence-corrected chi connectivity index (χ1v) is 8.91. The van der Waals surface area contributed by atoms with Gasteiger partial charge < -0.3 is 10.6 Å². The molecule has 0 amide bonds. The second-order valence-electron chi connectivity index (χ2n) is 6.64. The molecule has 3 atom stereocenters. The smallest absolute Gasteiger partial charge is 0.0389 e. The van der Waals surface area contributed by atoms with Crippen LogP contribution in [0.5, 0.6) is 0 Å². The third-order valence-corrected chi connectivity index (χ3v) is 5.68. The minimum absolute atomic E-state index is 0.0704. The van der Waals surface area contributed by atoms with Gasteiger partial charge in [-0.15, -0.1) is 0 Å². The largest absolute Gasteiger partial charge is 0.366 e. The highest BCUT2D eigenvalue weighted by molar-refractivity contribution is 9.10. The average molecular weight is 352 g/mol. The molecular formula is C17H26BrN3. The van der Waals surface area contributed by atoms with Gasteiger partial charge in [0.15, 0.2) is 0 Å². The van der Waals surface area contributed by atoms with Gasteiger partial charge in [0, 0.05) is 41.4 Å². The maximum absolute atomic E-state index is 6.01. The van der Waals surface area contributed by atoms with Crippen molar-refractivity contribution in [3.05, 3.63) is 28.2 Å². The lowest BCUT2D eigenvalue weighted by molar-refractivity contribution is 0.115. The molecular weight excluding hydrogens is 326 g/mol. The molecule has 2 fully saturated rings. The number of halogens is 1. The Labute approximate surface area is 136 Å². The van der Waals surface area contributed by atoms with E-state index in [9.17, 15) is 0 Å². The fourth-order valence-electron chi connectivity index (χ4n) is 3.78. The molecule has 2 heterocycles. The van der Waals surface area contributed by atoms with Crippen molar-refractivity contribution in [3.63, 3.8) is 0 Å². The molecule has 2 saturated heterocycles. The van der Waals surface area contributed by atoms with Crippen LogP contribution in [0.2, 0.25) is 0 Å². The number of piperidine rings is 1. The van der Waals surface area contributed by atoms with Crippen LogP contribution in [0.25, 0.3) is 0 Å². The van der Waals surface area contributed by atoms with Crippen LogP contribution < -0.4 is 10.6 Å². The minimum Gasteiger partial charge on any atom is -0.366 e. The Morgan fingerprint density at radius 1 is 1.29 bits per heavy atom. The molecule has 1 aromatic carbocycles. The first-order chi connectivity index (χ1) is 10.1. The summed E-state index contributed by atoms with van der Waals surface area (Å²) in [6.45, 7) is 8.01. The highest BCUT2D eigenvalue weighted by atomic mass is 79.9. The van der Waals surface area contributed by atoms with Crippen LogP contribution >= 0.6 is 15.9 Å². The van der Waals surface area contributed by atoms with E-state index < -0.39 is 0 Å². The van der Waals surface area contributed by atoms with Crippen LogP contribution in [-0.4, -0.2) is 36.6 Å². The van der Waals surface area contributed by atoms with Crippen LogP contribution in [0.1, 0.15) is 44.7 Å². The number of benzene rings is 1. The summed E-state index contributed by atoms with van der Waals surface area (Å²) in [5.74, 6) is 0. The maximum atomic E-state index is 6.01. The highest BCUT2D eigenvalue weighted by Gasteiger charge is 2.33. The molecule has 21 heavy (non-hydrogen) atoms. The van der Waals surface area contributed by atoms with E-state index in [2.05, 4.69) is 50.9 Å². The molecule has 0 saturated carbocycles. The monoisotopic (exact) mass is 351 g/mol. The zero-order chi connectivity index (χ0) is 15.0. The van der Waals surface area contributed by atoms with E-state index in [-0.39, 0.29) is 6.04 Å². The molecule has 4 heteroatoms. The van der Waals surface area contributed by atoms with E-state index in [1.165, 1.54) is 43.6 Å². The summed E-state index contributed by atoms with van der Waals surface area (Å²) in [7, 11) is 0. The Bertz CT molecular complexity index is 503. The topological polar surface area (TPSA) is 32.5 Å². The molecule has 1 aromatic rings. The van der Waals surface area contributed by atoms with Crippen molar-refractivity contribution in [2.75, 3.05) is 24.5 Å².